The molecule has 0 nitrogen and oxygen atoms in total. The minimum absolute atomic E-state index is 0.898. The van der Waals surface area contributed by atoms with E-state index in [1.807, 2.05) is 0 Å². The van der Waals surface area contributed by atoms with Gasteiger partial charge in [0.25, 0.3) is 0 Å². The van der Waals surface area contributed by atoms with Gasteiger partial charge >= 0.3 is 0 Å². The van der Waals surface area contributed by atoms with Gasteiger partial charge < -0.3 is 0 Å². The maximum Gasteiger partial charge on any atom is 0.0268 e. The minimum Gasteiger partial charge on any atom is -0.0839 e. The van der Waals surface area contributed by atoms with Crippen LogP contribution in [0.2, 0.25) is 0 Å². The molecule has 0 spiro atoms. The van der Waals surface area contributed by atoms with Crippen molar-refractivity contribution >= 4 is 44.7 Å². The van der Waals surface area contributed by atoms with E-state index < -0.39 is 0 Å². The Bertz CT molecular complexity index is 812. The second-order valence-electron chi connectivity index (χ2n) is 4.55. The van der Waals surface area contributed by atoms with E-state index in [4.69, 9.17) is 12.2 Å². The quantitative estimate of drug-likeness (QED) is 0.535. The summed E-state index contributed by atoms with van der Waals surface area (Å²) in [5, 5.41) is 6.65. The smallest absolute Gasteiger partial charge is 0.0268 e. The van der Waals surface area contributed by atoms with Gasteiger partial charge in [-0.3, -0.25) is 0 Å². The van der Waals surface area contributed by atoms with E-state index in [-0.39, 0.29) is 0 Å². The molecule has 1 aliphatic rings. The Morgan fingerprint density at radius 3 is 2.41 bits per heavy atom. The predicted molar refractivity (Wildman–Crippen MR) is 77.5 cm³/mol. The van der Waals surface area contributed by atoms with E-state index in [9.17, 15) is 0 Å². The van der Waals surface area contributed by atoms with Gasteiger partial charge in [0.1, 0.15) is 0 Å². The number of hydrogen-bond acceptors (Lipinski definition) is 1. The molecule has 0 amide bonds. The highest BCUT2D eigenvalue weighted by atomic mass is 32.1. The van der Waals surface area contributed by atoms with Crippen LogP contribution < -0.4 is 5.22 Å². The molecule has 0 unspecified atom stereocenters. The monoisotopic (exact) mass is 234 g/mol. The normalized spacial score (nSPS) is 14.2. The zero-order valence-electron chi connectivity index (χ0n) is 9.23. The van der Waals surface area contributed by atoms with Crippen molar-refractivity contribution in [3.8, 4) is 0 Å². The highest BCUT2D eigenvalue weighted by Crippen LogP contribution is 2.29. The zero-order valence-corrected chi connectivity index (χ0v) is 10.1. The third kappa shape index (κ3) is 1.15. The molecule has 80 valence electrons. The maximum absolute atomic E-state index is 5.48. The van der Waals surface area contributed by atoms with Crippen molar-refractivity contribution in [2.24, 2.45) is 0 Å². The van der Waals surface area contributed by atoms with Crippen molar-refractivity contribution in [1.29, 1.82) is 0 Å². The van der Waals surface area contributed by atoms with E-state index in [2.05, 4.69) is 48.5 Å². The lowest BCUT2D eigenvalue weighted by Gasteiger charge is -2.15. The first-order valence-corrected chi connectivity index (χ1v) is 6.23. The number of rotatable bonds is 0. The average molecular weight is 234 g/mol. The Hall–Kier alpha value is -1.73. The SMILES string of the molecule is S=C1CC=c2ccc3cccc4ccc1c2c43. The molecule has 3 aromatic rings. The van der Waals surface area contributed by atoms with E-state index in [0.717, 1.165) is 11.3 Å². The fraction of sp³-hybridized carbons (Fsp3) is 0.0625. The first kappa shape index (κ1) is 9.32. The third-order valence-corrected chi connectivity index (χ3v) is 4.00. The van der Waals surface area contributed by atoms with E-state index >= 15 is 0 Å². The Morgan fingerprint density at radius 1 is 0.824 bits per heavy atom. The van der Waals surface area contributed by atoms with Crippen LogP contribution in [0, 0.1) is 0 Å². The highest BCUT2D eigenvalue weighted by Gasteiger charge is 2.13. The van der Waals surface area contributed by atoms with Crippen LogP contribution in [0.25, 0.3) is 27.6 Å². The van der Waals surface area contributed by atoms with Gasteiger partial charge in [-0.1, -0.05) is 60.8 Å². The molecule has 1 aliphatic carbocycles. The van der Waals surface area contributed by atoms with Crippen molar-refractivity contribution in [2.45, 2.75) is 6.42 Å². The van der Waals surface area contributed by atoms with Gasteiger partial charge in [0, 0.05) is 11.3 Å². The summed E-state index contributed by atoms with van der Waals surface area (Å²) in [6.45, 7) is 0. The van der Waals surface area contributed by atoms with Crippen LogP contribution in [0.4, 0.5) is 0 Å². The third-order valence-electron chi connectivity index (χ3n) is 3.62. The maximum atomic E-state index is 5.48. The molecule has 0 atom stereocenters. The zero-order chi connectivity index (χ0) is 11.4. The molecular weight excluding hydrogens is 224 g/mol. The number of hydrogen-bond donors (Lipinski definition) is 0. The Balaban J connectivity index is 2.44. The molecule has 0 saturated carbocycles. The molecule has 3 aromatic carbocycles. The highest BCUT2D eigenvalue weighted by molar-refractivity contribution is 7.80. The van der Waals surface area contributed by atoms with Gasteiger partial charge in [-0.2, -0.15) is 0 Å². The average Bonchev–Trinajstić information content (AvgIpc) is 2.38. The summed E-state index contributed by atoms with van der Waals surface area (Å²) in [4.78, 5) is 1.07. The van der Waals surface area contributed by atoms with Crippen LogP contribution in [-0.2, 0) is 0 Å². The van der Waals surface area contributed by atoms with Gasteiger partial charge in [0.15, 0.2) is 0 Å². The molecule has 0 aromatic heterocycles. The van der Waals surface area contributed by atoms with Crippen molar-refractivity contribution in [3.05, 3.63) is 53.2 Å². The summed E-state index contributed by atoms with van der Waals surface area (Å²) in [6.07, 6.45) is 3.15. The van der Waals surface area contributed by atoms with Crippen LogP contribution >= 0.6 is 12.2 Å². The van der Waals surface area contributed by atoms with E-state index in [1.165, 1.54) is 32.3 Å². The molecular formula is C16H10S. The molecule has 17 heavy (non-hydrogen) atoms. The Labute approximate surface area is 105 Å². The second kappa shape index (κ2) is 3.14. The largest absolute Gasteiger partial charge is 0.0839 e. The lowest BCUT2D eigenvalue weighted by Crippen LogP contribution is -2.13. The van der Waals surface area contributed by atoms with Crippen molar-refractivity contribution < 1.29 is 0 Å². The Morgan fingerprint density at radius 2 is 1.59 bits per heavy atom. The molecule has 0 fully saturated rings. The molecule has 0 bridgehead atoms. The molecule has 0 saturated heterocycles. The van der Waals surface area contributed by atoms with Crippen LogP contribution in [0.1, 0.15) is 12.0 Å². The van der Waals surface area contributed by atoms with Gasteiger partial charge in [-0.25, -0.2) is 0 Å². The predicted octanol–water partition coefficient (Wildman–Crippen LogP) is 3.61. The van der Waals surface area contributed by atoms with Gasteiger partial charge in [-0.15, -0.1) is 0 Å². The summed E-state index contributed by atoms with van der Waals surface area (Å²) >= 11 is 5.48. The Kier molecular flexibility index (Phi) is 1.72. The van der Waals surface area contributed by atoms with Crippen LogP contribution in [0.3, 0.4) is 0 Å². The summed E-state index contributed by atoms with van der Waals surface area (Å²) in [6, 6.07) is 15.2. The summed E-state index contributed by atoms with van der Waals surface area (Å²) in [7, 11) is 0. The van der Waals surface area contributed by atoms with Gasteiger partial charge in [0.2, 0.25) is 0 Å². The number of benzene rings is 3. The fourth-order valence-electron chi connectivity index (χ4n) is 2.82. The summed E-state index contributed by atoms with van der Waals surface area (Å²) < 4.78 is 0. The van der Waals surface area contributed by atoms with Crippen LogP contribution in [-0.4, -0.2) is 4.86 Å². The van der Waals surface area contributed by atoms with Crippen molar-refractivity contribution in [1.82, 2.24) is 0 Å². The lowest BCUT2D eigenvalue weighted by atomic mass is 9.90. The summed E-state index contributed by atoms with van der Waals surface area (Å²) in [5.74, 6) is 0. The molecule has 1 heteroatoms. The standard InChI is InChI=1S/C16H10S/c17-14-9-7-12-5-4-10-2-1-3-11-6-8-13(14)16(12)15(10)11/h1-8H,9H2. The number of thiocarbonyl (C=S) groups is 1. The van der Waals surface area contributed by atoms with Crippen LogP contribution in [0.15, 0.2) is 42.5 Å². The first-order valence-electron chi connectivity index (χ1n) is 5.82. The van der Waals surface area contributed by atoms with Gasteiger partial charge in [0.05, 0.1) is 0 Å². The molecule has 0 N–H and O–H groups in total. The van der Waals surface area contributed by atoms with Gasteiger partial charge in [-0.05, 0) is 32.3 Å². The fourth-order valence-corrected chi connectivity index (χ4v) is 3.08. The van der Waals surface area contributed by atoms with E-state index in [1.54, 1.807) is 0 Å². The lowest BCUT2D eigenvalue weighted by molar-refractivity contribution is 1.53. The molecule has 0 aliphatic heterocycles. The summed E-state index contributed by atoms with van der Waals surface area (Å²) in [5.41, 5.74) is 1.25. The second-order valence-corrected chi connectivity index (χ2v) is 5.05. The van der Waals surface area contributed by atoms with Crippen molar-refractivity contribution in [2.75, 3.05) is 0 Å². The molecule has 4 rings (SSSR count). The van der Waals surface area contributed by atoms with E-state index in [0.29, 0.717) is 0 Å². The topological polar surface area (TPSA) is 0 Å². The molecule has 0 heterocycles. The minimum atomic E-state index is 0.898. The molecule has 0 radical (unpaired) electrons. The van der Waals surface area contributed by atoms with Crippen molar-refractivity contribution in [3.63, 3.8) is 0 Å². The first-order chi connectivity index (χ1) is 8.34. The van der Waals surface area contributed by atoms with Crippen LogP contribution in [0.5, 0.6) is 0 Å².